The second-order valence-electron chi connectivity index (χ2n) is 20.6. The summed E-state index contributed by atoms with van der Waals surface area (Å²) in [5, 5.41) is 0. The molecule has 0 fully saturated rings. The Morgan fingerprint density at radius 2 is 0.500 bits per heavy atom. The number of carbonyl (C=O) groups is 3. The molecule has 0 saturated carbocycles. The van der Waals surface area contributed by atoms with Gasteiger partial charge >= 0.3 is 17.9 Å². The van der Waals surface area contributed by atoms with Crippen LogP contribution in [0, 0.1) is 0 Å². The molecular formula is C72H116O6. The number of hydrogen-bond acceptors (Lipinski definition) is 6. The predicted octanol–water partition coefficient (Wildman–Crippen LogP) is 21.9. The van der Waals surface area contributed by atoms with Crippen LogP contribution in [0.4, 0.5) is 0 Å². The Morgan fingerprint density at radius 1 is 0.269 bits per heavy atom. The number of allylic oxidation sites excluding steroid dienone is 24. The molecule has 0 amide bonds. The Morgan fingerprint density at radius 3 is 0.782 bits per heavy atom. The van der Waals surface area contributed by atoms with Gasteiger partial charge < -0.3 is 14.2 Å². The van der Waals surface area contributed by atoms with Gasteiger partial charge in [0.05, 0.1) is 0 Å². The summed E-state index contributed by atoms with van der Waals surface area (Å²) in [5.41, 5.74) is 0. The molecule has 0 rings (SSSR count). The van der Waals surface area contributed by atoms with Gasteiger partial charge in [-0.1, -0.05) is 276 Å². The van der Waals surface area contributed by atoms with E-state index in [1.807, 2.05) is 0 Å². The fraction of sp³-hybridized carbons (Fsp3) is 0.625. The SMILES string of the molecule is CC/C=C\C/C=C\C/C=C\C/C=C\C/C=C\C/C=C\C/C=C\C/C=C\C/C=C\CCCCCCCC(=O)OCC(COC(=O)CCCCCCCCCCCC)OC(=O)CCCCCCCCC/C=C\C/C=C\C/C=C\CC. The van der Waals surface area contributed by atoms with E-state index >= 15 is 0 Å². The zero-order chi connectivity index (χ0) is 56.4. The van der Waals surface area contributed by atoms with E-state index in [0.29, 0.717) is 19.3 Å². The maximum Gasteiger partial charge on any atom is 0.306 e. The molecule has 0 N–H and O–H groups in total. The highest BCUT2D eigenvalue weighted by Gasteiger charge is 2.19. The minimum Gasteiger partial charge on any atom is -0.462 e. The molecule has 6 nitrogen and oxygen atoms in total. The highest BCUT2D eigenvalue weighted by Crippen LogP contribution is 2.15. The van der Waals surface area contributed by atoms with Crippen molar-refractivity contribution < 1.29 is 28.6 Å². The van der Waals surface area contributed by atoms with Crippen LogP contribution in [0.15, 0.2) is 146 Å². The van der Waals surface area contributed by atoms with E-state index in [1.54, 1.807) is 0 Å². The highest BCUT2D eigenvalue weighted by atomic mass is 16.6. The van der Waals surface area contributed by atoms with Crippen molar-refractivity contribution in [1.82, 2.24) is 0 Å². The first-order valence-corrected chi connectivity index (χ1v) is 31.8. The van der Waals surface area contributed by atoms with Gasteiger partial charge in [0.2, 0.25) is 0 Å². The van der Waals surface area contributed by atoms with Gasteiger partial charge in [0.1, 0.15) is 13.2 Å². The lowest BCUT2D eigenvalue weighted by Gasteiger charge is -2.18. The lowest BCUT2D eigenvalue weighted by Crippen LogP contribution is -2.30. The second-order valence-corrected chi connectivity index (χ2v) is 20.6. The third-order valence-electron chi connectivity index (χ3n) is 13.1. The lowest BCUT2D eigenvalue weighted by atomic mass is 10.1. The van der Waals surface area contributed by atoms with Gasteiger partial charge in [0.15, 0.2) is 6.10 Å². The van der Waals surface area contributed by atoms with Crippen molar-refractivity contribution in [3.63, 3.8) is 0 Å². The third-order valence-corrected chi connectivity index (χ3v) is 13.1. The average Bonchev–Trinajstić information content (AvgIpc) is 3.44. The maximum absolute atomic E-state index is 12.9. The van der Waals surface area contributed by atoms with Gasteiger partial charge in [0.25, 0.3) is 0 Å². The minimum atomic E-state index is -0.795. The summed E-state index contributed by atoms with van der Waals surface area (Å²) in [5.74, 6) is -0.923. The summed E-state index contributed by atoms with van der Waals surface area (Å²) >= 11 is 0. The minimum absolute atomic E-state index is 0.0907. The number of carbonyl (C=O) groups excluding carboxylic acids is 3. The third kappa shape index (κ3) is 62.1. The Kier molecular flexibility index (Phi) is 60.9. The molecule has 0 aromatic heterocycles. The standard InChI is InChI=1S/C72H116O6/c1-4-7-10-13-16-19-22-24-26-28-29-30-31-32-33-34-35-36-37-38-39-40-41-42-43-45-46-48-50-53-56-59-62-65-71(74)77-68-69(67-76-70(73)64-61-58-55-52-21-18-15-12-9-6-3)78-72(75)66-63-60-57-54-51-49-47-44-27-25-23-20-17-14-11-8-5-2/h7-8,10-11,16-17,19-20,24-27,29-30,32-33,35-36,38-39,41-42,45-46,69H,4-6,9,12-15,18,21-23,28,31,34,37,40,43-44,47-68H2,1-3H3/b10-7-,11-8-,19-16-,20-17-,26-24-,27-25-,30-29-,33-32-,36-35-,39-38-,42-41-,46-45-. The largest absolute Gasteiger partial charge is 0.462 e. The van der Waals surface area contributed by atoms with Crippen molar-refractivity contribution in [3.8, 4) is 0 Å². The zero-order valence-electron chi connectivity index (χ0n) is 50.4. The smallest absolute Gasteiger partial charge is 0.306 e. The number of esters is 3. The first-order chi connectivity index (χ1) is 38.5. The molecule has 1 atom stereocenters. The quantitative estimate of drug-likeness (QED) is 0.0261. The van der Waals surface area contributed by atoms with Crippen molar-refractivity contribution in [1.29, 1.82) is 0 Å². The van der Waals surface area contributed by atoms with Crippen molar-refractivity contribution in [3.05, 3.63) is 146 Å². The summed E-state index contributed by atoms with van der Waals surface area (Å²) < 4.78 is 16.9. The molecule has 0 saturated heterocycles. The van der Waals surface area contributed by atoms with Crippen LogP contribution in [0.5, 0.6) is 0 Å². The van der Waals surface area contributed by atoms with E-state index in [4.69, 9.17) is 14.2 Å². The lowest BCUT2D eigenvalue weighted by molar-refractivity contribution is -0.167. The van der Waals surface area contributed by atoms with Crippen LogP contribution >= 0.6 is 0 Å². The molecule has 0 aliphatic heterocycles. The summed E-state index contributed by atoms with van der Waals surface area (Å²) in [6.07, 6.45) is 92.8. The van der Waals surface area contributed by atoms with E-state index in [-0.39, 0.29) is 31.1 Å². The molecular weight excluding hydrogens is 961 g/mol. The monoisotopic (exact) mass is 1080 g/mol. The molecule has 0 aromatic rings. The highest BCUT2D eigenvalue weighted by molar-refractivity contribution is 5.71. The Hall–Kier alpha value is -4.71. The van der Waals surface area contributed by atoms with Crippen LogP contribution in [-0.2, 0) is 28.6 Å². The van der Waals surface area contributed by atoms with E-state index in [2.05, 4.69) is 167 Å². The molecule has 0 aliphatic rings. The number of hydrogen-bond donors (Lipinski definition) is 0. The van der Waals surface area contributed by atoms with Gasteiger partial charge in [-0.05, 0) is 122 Å². The molecule has 0 heterocycles. The van der Waals surface area contributed by atoms with Crippen LogP contribution in [-0.4, -0.2) is 37.2 Å². The predicted molar refractivity (Wildman–Crippen MR) is 339 cm³/mol. The number of rotatable bonds is 56. The van der Waals surface area contributed by atoms with Crippen molar-refractivity contribution in [2.24, 2.45) is 0 Å². The summed E-state index contributed by atoms with van der Waals surface area (Å²) in [6.45, 7) is 6.38. The van der Waals surface area contributed by atoms with Crippen molar-refractivity contribution in [2.75, 3.05) is 13.2 Å². The Bertz CT molecular complexity index is 1710. The van der Waals surface area contributed by atoms with Gasteiger partial charge in [-0.25, -0.2) is 0 Å². The molecule has 0 radical (unpaired) electrons. The van der Waals surface area contributed by atoms with Crippen LogP contribution in [0.3, 0.4) is 0 Å². The molecule has 6 heteroatoms. The van der Waals surface area contributed by atoms with Crippen LogP contribution in [0.1, 0.15) is 271 Å². The summed E-state index contributed by atoms with van der Waals surface area (Å²) in [4.78, 5) is 38.2. The Labute approximate surface area is 480 Å². The zero-order valence-corrected chi connectivity index (χ0v) is 50.4. The first kappa shape index (κ1) is 73.3. The number of ether oxygens (including phenoxy) is 3. The molecule has 0 aromatic carbocycles. The summed E-state index contributed by atoms with van der Waals surface area (Å²) in [7, 11) is 0. The normalized spacial score (nSPS) is 13.1. The van der Waals surface area contributed by atoms with Gasteiger partial charge in [-0.2, -0.15) is 0 Å². The topological polar surface area (TPSA) is 78.9 Å². The molecule has 78 heavy (non-hydrogen) atoms. The molecule has 1 unspecified atom stereocenters. The van der Waals surface area contributed by atoms with Crippen LogP contribution in [0.2, 0.25) is 0 Å². The maximum atomic E-state index is 12.9. The van der Waals surface area contributed by atoms with E-state index < -0.39 is 6.10 Å². The second kappa shape index (κ2) is 64.8. The molecule has 0 aliphatic carbocycles. The van der Waals surface area contributed by atoms with Gasteiger partial charge in [0, 0.05) is 19.3 Å². The molecule has 0 spiro atoms. The van der Waals surface area contributed by atoms with Gasteiger partial charge in [-0.3, -0.25) is 14.4 Å². The molecule has 440 valence electrons. The fourth-order valence-corrected chi connectivity index (χ4v) is 8.39. The summed E-state index contributed by atoms with van der Waals surface area (Å²) in [6, 6.07) is 0. The van der Waals surface area contributed by atoms with Crippen molar-refractivity contribution in [2.45, 2.75) is 277 Å². The Balaban J connectivity index is 4.29. The fourth-order valence-electron chi connectivity index (χ4n) is 8.39. The van der Waals surface area contributed by atoms with E-state index in [0.717, 1.165) is 161 Å². The first-order valence-electron chi connectivity index (χ1n) is 31.8. The number of unbranched alkanes of at least 4 members (excludes halogenated alkanes) is 21. The van der Waals surface area contributed by atoms with Crippen LogP contribution in [0.25, 0.3) is 0 Å². The van der Waals surface area contributed by atoms with Gasteiger partial charge in [-0.15, -0.1) is 0 Å². The molecule has 0 bridgehead atoms. The van der Waals surface area contributed by atoms with Crippen molar-refractivity contribution >= 4 is 17.9 Å². The van der Waals surface area contributed by atoms with E-state index in [1.165, 1.54) is 70.6 Å². The van der Waals surface area contributed by atoms with Crippen LogP contribution < -0.4 is 0 Å². The average molecular weight is 1080 g/mol. The van der Waals surface area contributed by atoms with E-state index in [9.17, 15) is 14.4 Å².